The molecule has 1 aliphatic rings. The van der Waals surface area contributed by atoms with Crippen molar-refractivity contribution in [2.24, 2.45) is 0 Å². The monoisotopic (exact) mass is 730 g/mol. The zero-order valence-electron chi connectivity index (χ0n) is 29.4. The molecule has 0 aliphatic carbocycles. The molecule has 0 radical (unpaired) electrons. The Bertz CT molecular complexity index is 1920. The number of likely N-dealkylation sites (N-methyl/N-ethyl adjacent to an activating group) is 1. The van der Waals surface area contributed by atoms with Gasteiger partial charge in [0, 0.05) is 50.4 Å². The Kier molecular flexibility index (Phi) is 11.9. The molecule has 6 rings (SSSR count). The van der Waals surface area contributed by atoms with Crippen LogP contribution in [0.5, 0.6) is 17.2 Å². The lowest BCUT2D eigenvalue weighted by atomic mass is 9.94. The third kappa shape index (κ3) is 8.52. The van der Waals surface area contributed by atoms with Crippen molar-refractivity contribution in [2.45, 2.75) is 37.8 Å². The lowest BCUT2D eigenvalue weighted by Crippen LogP contribution is -2.40. The molecule has 1 N–H and O–H groups in total. The number of hydrogen-bond acceptors (Lipinski definition) is 8. The largest absolute Gasteiger partial charge is 0.493 e. The van der Waals surface area contributed by atoms with Crippen LogP contribution in [0.2, 0.25) is 10.0 Å². The van der Waals surface area contributed by atoms with E-state index < -0.39 is 0 Å². The fraction of sp³-hybridized carbons (Fsp3) is 0.359. The number of methoxy groups -OCH3 is 3. The zero-order valence-corrected chi connectivity index (χ0v) is 31.0. The molecule has 1 unspecified atom stereocenters. The number of fused-ring (bicyclic) bond motifs is 1. The van der Waals surface area contributed by atoms with Crippen LogP contribution in [0.1, 0.15) is 46.8 Å². The minimum absolute atomic E-state index is 0.0260. The van der Waals surface area contributed by atoms with E-state index in [2.05, 4.69) is 31.9 Å². The summed E-state index contributed by atoms with van der Waals surface area (Å²) in [6.07, 6.45) is 4.64. The van der Waals surface area contributed by atoms with Crippen molar-refractivity contribution >= 4 is 46.1 Å². The van der Waals surface area contributed by atoms with E-state index in [1.807, 2.05) is 61.8 Å². The van der Waals surface area contributed by atoms with Crippen LogP contribution in [0.4, 0.5) is 5.95 Å². The number of likely N-dealkylation sites (tertiary alicyclic amines) is 1. The van der Waals surface area contributed by atoms with E-state index in [9.17, 15) is 4.79 Å². The number of piperidine rings is 1. The first-order chi connectivity index (χ1) is 24.8. The van der Waals surface area contributed by atoms with Gasteiger partial charge in [0.1, 0.15) is 0 Å². The smallest absolute Gasteiger partial charge is 0.253 e. The fourth-order valence-electron chi connectivity index (χ4n) is 6.79. The number of anilines is 1. The molecule has 1 saturated heterocycles. The highest BCUT2D eigenvalue weighted by molar-refractivity contribution is 6.42. The van der Waals surface area contributed by atoms with Gasteiger partial charge in [0.25, 0.3) is 5.91 Å². The number of rotatable bonds is 14. The maximum atomic E-state index is 13.7. The van der Waals surface area contributed by atoms with E-state index in [1.165, 1.54) is 21.3 Å². The molecule has 5 aromatic rings. The van der Waals surface area contributed by atoms with Gasteiger partial charge >= 0.3 is 0 Å². The van der Waals surface area contributed by atoms with Crippen LogP contribution in [0.25, 0.3) is 11.0 Å². The number of aromatic nitrogens is 3. The Hall–Kier alpha value is -4.51. The number of benzene rings is 3. The molecule has 2 aromatic heterocycles. The Morgan fingerprint density at radius 2 is 1.67 bits per heavy atom. The van der Waals surface area contributed by atoms with Crippen LogP contribution in [0.3, 0.4) is 0 Å². The maximum absolute atomic E-state index is 13.7. The van der Waals surface area contributed by atoms with Gasteiger partial charge in [0.05, 0.1) is 54.6 Å². The Labute approximate surface area is 309 Å². The van der Waals surface area contributed by atoms with Crippen LogP contribution in [-0.2, 0) is 6.54 Å². The summed E-state index contributed by atoms with van der Waals surface area (Å²) >= 11 is 12.8. The number of carbonyl (C=O) groups is 1. The molecular weight excluding hydrogens is 687 g/mol. The molecule has 0 spiro atoms. The molecule has 1 amide bonds. The van der Waals surface area contributed by atoms with Crippen LogP contribution in [-0.4, -0.2) is 90.8 Å². The second kappa shape index (κ2) is 16.7. The minimum Gasteiger partial charge on any atom is -0.493 e. The van der Waals surface area contributed by atoms with Gasteiger partial charge in [-0.3, -0.25) is 9.78 Å². The van der Waals surface area contributed by atoms with Gasteiger partial charge in [-0.1, -0.05) is 47.5 Å². The number of halogens is 2. The summed E-state index contributed by atoms with van der Waals surface area (Å²) in [5.74, 6) is 2.05. The number of hydrogen-bond donors (Lipinski definition) is 1. The molecule has 3 heterocycles. The van der Waals surface area contributed by atoms with Gasteiger partial charge in [-0.2, -0.15) is 0 Å². The summed E-state index contributed by atoms with van der Waals surface area (Å²) in [6.45, 7) is 3.91. The molecular formula is C39H44Cl2N6O4. The number of para-hydroxylation sites is 2. The number of imidazole rings is 1. The second-order valence-electron chi connectivity index (χ2n) is 12.9. The fourth-order valence-corrected chi connectivity index (χ4v) is 7.10. The Morgan fingerprint density at radius 3 is 2.33 bits per heavy atom. The number of carbonyl (C=O) groups excluding carboxylic acids is 1. The van der Waals surface area contributed by atoms with Gasteiger partial charge in [-0.25, -0.2) is 4.98 Å². The normalized spacial score (nSPS) is 14.3. The molecule has 51 heavy (non-hydrogen) atoms. The Morgan fingerprint density at radius 1 is 0.941 bits per heavy atom. The molecule has 0 saturated carbocycles. The van der Waals surface area contributed by atoms with Crippen molar-refractivity contribution in [3.8, 4) is 17.2 Å². The molecule has 1 fully saturated rings. The molecule has 268 valence electrons. The summed E-state index contributed by atoms with van der Waals surface area (Å²) in [6, 6.07) is 23.6. The van der Waals surface area contributed by atoms with Crippen molar-refractivity contribution in [1.29, 1.82) is 0 Å². The molecule has 0 bridgehead atoms. The zero-order chi connectivity index (χ0) is 35.9. The maximum Gasteiger partial charge on any atom is 0.253 e. The highest BCUT2D eigenvalue weighted by atomic mass is 35.5. The molecule has 1 aliphatic heterocycles. The van der Waals surface area contributed by atoms with E-state index in [-0.39, 0.29) is 11.8 Å². The predicted octanol–water partition coefficient (Wildman–Crippen LogP) is 7.63. The van der Waals surface area contributed by atoms with E-state index >= 15 is 0 Å². The van der Waals surface area contributed by atoms with Gasteiger partial charge in [-0.15, -0.1) is 0 Å². The van der Waals surface area contributed by atoms with E-state index in [1.54, 1.807) is 17.0 Å². The topological polar surface area (TPSA) is 94.0 Å². The Balaban J connectivity index is 1.11. The number of pyridine rings is 1. The summed E-state index contributed by atoms with van der Waals surface area (Å²) < 4.78 is 18.7. The molecule has 1 atom stereocenters. The summed E-state index contributed by atoms with van der Waals surface area (Å²) in [4.78, 5) is 27.5. The van der Waals surface area contributed by atoms with Crippen molar-refractivity contribution in [1.82, 2.24) is 24.3 Å². The molecule has 10 nitrogen and oxygen atoms in total. The van der Waals surface area contributed by atoms with E-state index in [4.69, 9.17) is 42.4 Å². The lowest BCUT2D eigenvalue weighted by molar-refractivity contribution is 0.0781. The standard InChI is InChI=1S/C39H44Cl2N6O4/c1-45(38(48)28-22-35(49-2)37(51-4)36(23-28)50-3)24-27(26-12-13-31(40)32(41)21-26)14-18-46-19-15-29(16-20-46)43-39-44-33-10-5-6-11-34(33)47(39)25-30-9-7-8-17-42-30/h5-13,17,21-23,27,29H,14-16,18-20,24-25H2,1-4H3,(H,43,44). The number of nitrogens with zero attached hydrogens (tertiary/aromatic N) is 5. The van der Waals surface area contributed by atoms with Crippen molar-refractivity contribution in [3.05, 3.63) is 106 Å². The van der Waals surface area contributed by atoms with Gasteiger partial charge in [0.2, 0.25) is 11.7 Å². The van der Waals surface area contributed by atoms with E-state index in [0.717, 1.165) is 67.1 Å². The van der Waals surface area contributed by atoms with Crippen LogP contribution in [0, 0.1) is 0 Å². The van der Waals surface area contributed by atoms with Crippen molar-refractivity contribution in [2.75, 3.05) is 59.9 Å². The first-order valence-electron chi connectivity index (χ1n) is 17.1. The third-order valence-electron chi connectivity index (χ3n) is 9.58. The average molecular weight is 732 g/mol. The number of nitrogens with one attached hydrogen (secondary N) is 1. The van der Waals surface area contributed by atoms with Crippen LogP contribution >= 0.6 is 23.2 Å². The van der Waals surface area contributed by atoms with Crippen molar-refractivity contribution < 1.29 is 19.0 Å². The lowest BCUT2D eigenvalue weighted by Gasteiger charge is -2.34. The average Bonchev–Trinajstić information content (AvgIpc) is 3.50. The van der Waals surface area contributed by atoms with Gasteiger partial charge < -0.3 is 33.9 Å². The number of ether oxygens (including phenoxy) is 3. The van der Waals surface area contributed by atoms with Crippen LogP contribution < -0.4 is 19.5 Å². The summed E-state index contributed by atoms with van der Waals surface area (Å²) in [5, 5.41) is 4.76. The van der Waals surface area contributed by atoms with Crippen molar-refractivity contribution in [3.63, 3.8) is 0 Å². The van der Waals surface area contributed by atoms with E-state index in [0.29, 0.717) is 52.0 Å². The minimum atomic E-state index is -0.153. The summed E-state index contributed by atoms with van der Waals surface area (Å²) in [7, 11) is 6.43. The highest BCUT2D eigenvalue weighted by Gasteiger charge is 2.26. The third-order valence-corrected chi connectivity index (χ3v) is 10.3. The van der Waals surface area contributed by atoms with Gasteiger partial charge in [0.15, 0.2) is 11.5 Å². The first-order valence-corrected chi connectivity index (χ1v) is 17.9. The SMILES string of the molecule is COc1cc(C(=O)N(C)CC(CCN2CCC(Nc3nc4ccccc4n3Cc3ccccn3)CC2)c2ccc(Cl)c(Cl)c2)cc(OC)c1OC. The highest BCUT2D eigenvalue weighted by Crippen LogP contribution is 2.39. The number of amides is 1. The quantitative estimate of drug-likeness (QED) is 0.125. The second-order valence-corrected chi connectivity index (χ2v) is 13.7. The molecule has 12 heteroatoms. The van der Waals surface area contributed by atoms with Gasteiger partial charge in [-0.05, 0) is 79.9 Å². The predicted molar refractivity (Wildman–Crippen MR) is 203 cm³/mol. The van der Waals surface area contributed by atoms with Crippen LogP contribution in [0.15, 0.2) is 79.0 Å². The molecule has 3 aromatic carbocycles. The summed E-state index contributed by atoms with van der Waals surface area (Å²) in [5.41, 5.74) is 4.53. The first kappa shape index (κ1) is 36.3.